The maximum Gasteiger partial charge on any atom is 0.191 e. The predicted molar refractivity (Wildman–Crippen MR) is 124 cm³/mol. The lowest BCUT2D eigenvalue weighted by Crippen LogP contribution is -2.41. The molecule has 0 aliphatic rings. The second-order valence-corrected chi connectivity index (χ2v) is 6.28. The van der Waals surface area contributed by atoms with E-state index in [2.05, 4.69) is 54.8 Å². The topological polar surface area (TPSA) is 48.9 Å². The summed E-state index contributed by atoms with van der Waals surface area (Å²) in [6.45, 7) is 4.27. The number of hydrogen-bond acceptors (Lipinski definition) is 3. The predicted octanol–water partition coefficient (Wildman–Crippen LogP) is 3.67. The Balaban J connectivity index is 0.00000364. The number of nitrogens with zero attached hydrogens (tertiary/aromatic N) is 2. The fourth-order valence-electron chi connectivity index (χ4n) is 2.80. The van der Waals surface area contributed by atoms with E-state index in [4.69, 9.17) is 9.73 Å². The maximum absolute atomic E-state index is 5.54. The van der Waals surface area contributed by atoms with E-state index in [1.165, 1.54) is 5.56 Å². The van der Waals surface area contributed by atoms with Gasteiger partial charge in [0, 0.05) is 18.7 Å². The standard InChI is InChI=1S/C21H30N4O.HI/c1-5-22-21(23-15-17-11-7-6-8-12-17)24-16-19(25(2)3)18-13-9-10-14-20(18)26-4;/h6-14,19H,5,15-16H2,1-4H3,(H2,22,23,24);1H. The van der Waals surface area contributed by atoms with Crippen LogP contribution >= 0.6 is 24.0 Å². The van der Waals surface area contributed by atoms with Gasteiger partial charge in [-0.15, -0.1) is 24.0 Å². The van der Waals surface area contributed by atoms with Crippen LogP contribution in [0.15, 0.2) is 59.6 Å². The minimum Gasteiger partial charge on any atom is -0.496 e. The van der Waals surface area contributed by atoms with Gasteiger partial charge in [0.05, 0.1) is 19.7 Å². The van der Waals surface area contributed by atoms with Gasteiger partial charge in [-0.2, -0.15) is 0 Å². The van der Waals surface area contributed by atoms with Gasteiger partial charge in [0.15, 0.2) is 5.96 Å². The summed E-state index contributed by atoms with van der Waals surface area (Å²) in [5, 5.41) is 6.78. The van der Waals surface area contributed by atoms with Gasteiger partial charge in [0.2, 0.25) is 0 Å². The van der Waals surface area contributed by atoms with Gasteiger partial charge in [0.25, 0.3) is 0 Å². The number of nitrogens with one attached hydrogen (secondary N) is 2. The molecule has 0 aromatic heterocycles. The molecule has 0 radical (unpaired) electrons. The molecule has 5 nitrogen and oxygen atoms in total. The number of hydrogen-bond donors (Lipinski definition) is 2. The van der Waals surface area contributed by atoms with Crippen molar-refractivity contribution in [2.75, 3.05) is 34.3 Å². The van der Waals surface area contributed by atoms with Gasteiger partial charge < -0.3 is 20.3 Å². The van der Waals surface area contributed by atoms with Crippen molar-refractivity contribution in [2.45, 2.75) is 19.5 Å². The molecule has 2 aromatic rings. The van der Waals surface area contributed by atoms with Crippen LogP contribution in [0.4, 0.5) is 0 Å². The molecule has 0 saturated carbocycles. The number of rotatable bonds is 8. The van der Waals surface area contributed by atoms with Crippen LogP contribution in [0.1, 0.15) is 24.1 Å². The summed E-state index contributed by atoms with van der Waals surface area (Å²) < 4.78 is 5.54. The third-order valence-electron chi connectivity index (χ3n) is 4.19. The number of ether oxygens (including phenoxy) is 1. The Morgan fingerprint density at radius 2 is 1.70 bits per heavy atom. The number of likely N-dealkylation sites (N-methyl/N-ethyl adjacent to an activating group) is 1. The van der Waals surface area contributed by atoms with E-state index in [0.717, 1.165) is 30.4 Å². The van der Waals surface area contributed by atoms with Crippen LogP contribution in [-0.4, -0.2) is 45.2 Å². The van der Waals surface area contributed by atoms with Crippen molar-refractivity contribution in [3.63, 3.8) is 0 Å². The highest BCUT2D eigenvalue weighted by Crippen LogP contribution is 2.27. The van der Waals surface area contributed by atoms with Crippen molar-refractivity contribution in [1.82, 2.24) is 15.5 Å². The summed E-state index contributed by atoms with van der Waals surface area (Å²) in [7, 11) is 5.87. The Labute approximate surface area is 180 Å². The highest BCUT2D eigenvalue weighted by atomic mass is 127. The van der Waals surface area contributed by atoms with E-state index in [9.17, 15) is 0 Å². The summed E-state index contributed by atoms with van der Waals surface area (Å²) in [6.07, 6.45) is 0. The summed E-state index contributed by atoms with van der Waals surface area (Å²) >= 11 is 0. The third-order valence-corrected chi connectivity index (χ3v) is 4.19. The van der Waals surface area contributed by atoms with Crippen LogP contribution in [0.25, 0.3) is 0 Å². The summed E-state index contributed by atoms with van der Waals surface area (Å²) in [4.78, 5) is 6.88. The smallest absolute Gasteiger partial charge is 0.191 e. The molecule has 148 valence electrons. The van der Waals surface area contributed by atoms with Crippen LogP contribution in [0, 0.1) is 0 Å². The molecule has 27 heavy (non-hydrogen) atoms. The van der Waals surface area contributed by atoms with E-state index < -0.39 is 0 Å². The summed E-state index contributed by atoms with van der Waals surface area (Å²) in [5.41, 5.74) is 2.35. The Morgan fingerprint density at radius 3 is 2.33 bits per heavy atom. The quantitative estimate of drug-likeness (QED) is 0.343. The number of guanidine groups is 1. The van der Waals surface area contributed by atoms with Crippen molar-refractivity contribution in [3.8, 4) is 5.75 Å². The molecule has 0 fully saturated rings. The average molecular weight is 482 g/mol. The third kappa shape index (κ3) is 7.38. The van der Waals surface area contributed by atoms with Crippen molar-refractivity contribution < 1.29 is 4.74 Å². The minimum atomic E-state index is 0. The first kappa shape index (κ1) is 23.2. The zero-order chi connectivity index (χ0) is 18.8. The molecular formula is C21H31IN4O. The molecule has 2 rings (SSSR count). The normalized spacial score (nSPS) is 12.3. The lowest BCUT2D eigenvalue weighted by Gasteiger charge is -2.27. The molecule has 1 atom stereocenters. The fourth-order valence-corrected chi connectivity index (χ4v) is 2.80. The molecule has 0 saturated heterocycles. The molecular weight excluding hydrogens is 451 g/mol. The largest absolute Gasteiger partial charge is 0.496 e. The number of aliphatic imine (C=N–C) groups is 1. The van der Waals surface area contributed by atoms with E-state index in [0.29, 0.717) is 6.54 Å². The number of benzene rings is 2. The van der Waals surface area contributed by atoms with Crippen LogP contribution in [0.2, 0.25) is 0 Å². The van der Waals surface area contributed by atoms with Crippen molar-refractivity contribution in [2.24, 2.45) is 4.99 Å². The Hall–Kier alpha value is -1.80. The summed E-state index contributed by atoms with van der Waals surface area (Å²) in [6, 6.07) is 18.6. The Kier molecular flexibility index (Phi) is 10.8. The Bertz CT molecular complexity index is 692. The molecule has 2 N–H and O–H groups in total. The van der Waals surface area contributed by atoms with E-state index >= 15 is 0 Å². The molecule has 2 aromatic carbocycles. The van der Waals surface area contributed by atoms with Crippen molar-refractivity contribution >= 4 is 29.9 Å². The van der Waals surface area contributed by atoms with Crippen molar-refractivity contribution in [1.29, 1.82) is 0 Å². The van der Waals surface area contributed by atoms with Crippen LogP contribution in [0.5, 0.6) is 5.75 Å². The minimum absolute atomic E-state index is 0. The maximum atomic E-state index is 5.54. The molecule has 0 amide bonds. The Morgan fingerprint density at radius 1 is 1.04 bits per heavy atom. The summed E-state index contributed by atoms with van der Waals surface area (Å²) in [5.74, 6) is 1.72. The highest BCUT2D eigenvalue weighted by Gasteiger charge is 2.18. The van der Waals surface area contributed by atoms with Gasteiger partial charge in [-0.3, -0.25) is 0 Å². The second kappa shape index (κ2) is 12.6. The molecule has 0 bridgehead atoms. The lowest BCUT2D eigenvalue weighted by molar-refractivity contribution is 0.287. The van der Waals surface area contributed by atoms with Crippen LogP contribution < -0.4 is 15.4 Å². The first-order chi connectivity index (χ1) is 12.7. The monoisotopic (exact) mass is 482 g/mol. The van der Waals surface area contributed by atoms with Gasteiger partial charge in [0.1, 0.15) is 5.75 Å². The molecule has 0 spiro atoms. The lowest BCUT2D eigenvalue weighted by atomic mass is 10.0. The molecule has 0 aliphatic heterocycles. The zero-order valence-corrected chi connectivity index (χ0v) is 18.9. The molecule has 1 unspecified atom stereocenters. The molecule has 0 heterocycles. The van der Waals surface area contributed by atoms with Gasteiger partial charge >= 0.3 is 0 Å². The number of methoxy groups -OCH3 is 1. The number of para-hydroxylation sites is 1. The molecule has 0 aliphatic carbocycles. The first-order valence-electron chi connectivity index (χ1n) is 9.01. The van der Waals surface area contributed by atoms with Crippen LogP contribution in [-0.2, 0) is 6.54 Å². The average Bonchev–Trinajstić information content (AvgIpc) is 2.67. The highest BCUT2D eigenvalue weighted by molar-refractivity contribution is 14.0. The van der Waals surface area contributed by atoms with Crippen LogP contribution in [0.3, 0.4) is 0 Å². The zero-order valence-electron chi connectivity index (χ0n) is 16.6. The van der Waals surface area contributed by atoms with Gasteiger partial charge in [-0.05, 0) is 32.6 Å². The van der Waals surface area contributed by atoms with Crippen molar-refractivity contribution in [3.05, 3.63) is 65.7 Å². The first-order valence-corrected chi connectivity index (χ1v) is 9.01. The van der Waals surface area contributed by atoms with Gasteiger partial charge in [-0.1, -0.05) is 48.5 Å². The molecule has 6 heteroatoms. The van der Waals surface area contributed by atoms with E-state index in [-0.39, 0.29) is 30.0 Å². The second-order valence-electron chi connectivity index (χ2n) is 6.28. The van der Waals surface area contributed by atoms with E-state index in [1.54, 1.807) is 7.11 Å². The SMILES string of the molecule is CCNC(=NCc1ccccc1)NCC(c1ccccc1OC)N(C)C.I. The van der Waals surface area contributed by atoms with E-state index in [1.807, 2.05) is 36.4 Å². The van der Waals surface area contributed by atoms with Gasteiger partial charge in [-0.25, -0.2) is 4.99 Å². The number of halogens is 1. The fraction of sp³-hybridized carbons (Fsp3) is 0.381.